The lowest BCUT2D eigenvalue weighted by molar-refractivity contribution is -0.126. The Labute approximate surface area is 180 Å². The summed E-state index contributed by atoms with van der Waals surface area (Å²) < 4.78 is 6.88. The number of benzene rings is 1. The van der Waals surface area contributed by atoms with Crippen LogP contribution in [0, 0.1) is 23.2 Å². The van der Waals surface area contributed by atoms with E-state index in [9.17, 15) is 4.79 Å². The molecule has 4 atom stereocenters. The van der Waals surface area contributed by atoms with Gasteiger partial charge in [-0.15, -0.1) is 5.10 Å². The number of nitrogens with zero attached hydrogens (tertiary/aromatic N) is 4. The smallest absolute Gasteiger partial charge is 0.224 e. The summed E-state index contributed by atoms with van der Waals surface area (Å²) in [5.74, 6) is 2.63. The van der Waals surface area contributed by atoms with Crippen LogP contribution in [0.4, 0.5) is 0 Å². The highest BCUT2D eigenvalue weighted by molar-refractivity contribution is 5.81. The molecule has 2 saturated carbocycles. The van der Waals surface area contributed by atoms with Gasteiger partial charge in [-0.2, -0.15) is 0 Å². The fourth-order valence-corrected chi connectivity index (χ4v) is 5.57. The molecule has 1 N–H and O–H groups in total. The minimum absolute atomic E-state index is 0.0836. The molecule has 1 spiro atoms. The van der Waals surface area contributed by atoms with Gasteiger partial charge in [-0.1, -0.05) is 12.2 Å². The number of amides is 1. The molecule has 2 heterocycles. The SMILES string of the molecule is COc1ccc(-c2cc3nc([C@H](C)NC(=O)[C@@H]4C[C@H]5C=C[C@@H]4C54CC4)nn3cn2)cc1. The quantitative estimate of drug-likeness (QED) is 0.644. The van der Waals surface area contributed by atoms with E-state index in [2.05, 4.69) is 32.5 Å². The number of nitrogens with one attached hydrogen (secondary N) is 1. The molecule has 7 nitrogen and oxygen atoms in total. The average molecular weight is 415 g/mol. The summed E-state index contributed by atoms with van der Waals surface area (Å²) in [6.45, 7) is 1.94. The van der Waals surface area contributed by atoms with Crippen molar-refractivity contribution in [3.63, 3.8) is 0 Å². The largest absolute Gasteiger partial charge is 0.497 e. The van der Waals surface area contributed by atoms with E-state index < -0.39 is 0 Å². The Bertz CT molecular complexity index is 1190. The minimum Gasteiger partial charge on any atom is -0.497 e. The number of ether oxygens (including phenoxy) is 1. The van der Waals surface area contributed by atoms with E-state index in [1.54, 1.807) is 18.0 Å². The molecule has 6 rings (SSSR count). The van der Waals surface area contributed by atoms with Crippen molar-refractivity contribution < 1.29 is 9.53 Å². The van der Waals surface area contributed by atoms with Gasteiger partial charge in [0.05, 0.1) is 18.8 Å². The predicted molar refractivity (Wildman–Crippen MR) is 115 cm³/mol. The molecule has 158 valence electrons. The first kappa shape index (κ1) is 18.5. The second kappa shape index (κ2) is 6.64. The summed E-state index contributed by atoms with van der Waals surface area (Å²) in [6, 6.07) is 9.40. The van der Waals surface area contributed by atoms with E-state index in [1.807, 2.05) is 37.3 Å². The molecule has 3 aromatic rings. The van der Waals surface area contributed by atoms with Gasteiger partial charge >= 0.3 is 0 Å². The molecule has 1 amide bonds. The van der Waals surface area contributed by atoms with E-state index in [-0.39, 0.29) is 17.9 Å². The lowest BCUT2D eigenvalue weighted by atomic mass is 9.88. The minimum atomic E-state index is -0.255. The number of aromatic nitrogens is 4. The number of fused-ring (bicyclic) bond motifs is 1. The normalized spacial score (nSPS) is 25.8. The van der Waals surface area contributed by atoms with Crippen LogP contribution >= 0.6 is 0 Å². The van der Waals surface area contributed by atoms with Crippen LogP contribution in [0.15, 0.2) is 48.8 Å². The second-order valence-electron chi connectivity index (χ2n) is 9.10. The summed E-state index contributed by atoms with van der Waals surface area (Å²) in [4.78, 5) is 22.2. The van der Waals surface area contributed by atoms with Crippen molar-refractivity contribution in [3.8, 4) is 17.0 Å². The summed E-state index contributed by atoms with van der Waals surface area (Å²) in [5.41, 5.74) is 2.91. The Hall–Kier alpha value is -3.22. The van der Waals surface area contributed by atoms with Crippen LogP contribution in [-0.4, -0.2) is 32.6 Å². The van der Waals surface area contributed by atoms with E-state index in [4.69, 9.17) is 4.74 Å². The Morgan fingerprint density at radius 2 is 2.06 bits per heavy atom. The average Bonchev–Trinajstić information content (AvgIpc) is 3.25. The van der Waals surface area contributed by atoms with Gasteiger partial charge in [0.25, 0.3) is 0 Å². The third kappa shape index (κ3) is 2.86. The van der Waals surface area contributed by atoms with Crippen LogP contribution in [-0.2, 0) is 4.79 Å². The zero-order valence-electron chi connectivity index (χ0n) is 17.7. The highest BCUT2D eigenvalue weighted by atomic mass is 16.5. The number of carbonyl (C=O) groups excluding carboxylic acids is 1. The van der Waals surface area contributed by atoms with Crippen LogP contribution in [0.5, 0.6) is 5.75 Å². The molecule has 0 radical (unpaired) electrons. The molecule has 2 bridgehead atoms. The van der Waals surface area contributed by atoms with Crippen molar-refractivity contribution in [3.05, 3.63) is 54.6 Å². The number of hydrogen-bond acceptors (Lipinski definition) is 5. The summed E-state index contributed by atoms with van der Waals surface area (Å²) in [6.07, 6.45) is 9.80. The zero-order valence-corrected chi connectivity index (χ0v) is 17.7. The number of allylic oxidation sites excluding steroid dienone is 2. The van der Waals surface area contributed by atoms with Gasteiger partial charge in [0.1, 0.15) is 12.1 Å². The molecule has 2 aromatic heterocycles. The van der Waals surface area contributed by atoms with Crippen molar-refractivity contribution in [1.82, 2.24) is 24.9 Å². The topological polar surface area (TPSA) is 81.4 Å². The van der Waals surface area contributed by atoms with Crippen molar-refractivity contribution in [2.45, 2.75) is 32.2 Å². The predicted octanol–water partition coefficient (Wildman–Crippen LogP) is 3.58. The maximum atomic E-state index is 13.0. The van der Waals surface area contributed by atoms with Gasteiger partial charge in [0, 0.05) is 17.5 Å². The summed E-state index contributed by atoms with van der Waals surface area (Å²) >= 11 is 0. The van der Waals surface area contributed by atoms with E-state index >= 15 is 0 Å². The number of hydrogen-bond donors (Lipinski definition) is 1. The van der Waals surface area contributed by atoms with Crippen molar-refractivity contribution in [2.75, 3.05) is 7.11 Å². The number of methoxy groups -OCH3 is 1. The van der Waals surface area contributed by atoms with Crippen LogP contribution in [0.3, 0.4) is 0 Å². The molecule has 1 aromatic carbocycles. The highest BCUT2D eigenvalue weighted by Gasteiger charge is 2.64. The summed E-state index contributed by atoms with van der Waals surface area (Å²) in [5, 5.41) is 7.70. The fourth-order valence-electron chi connectivity index (χ4n) is 5.57. The highest BCUT2D eigenvalue weighted by Crippen LogP contribution is 2.70. The molecule has 0 saturated heterocycles. The van der Waals surface area contributed by atoms with Crippen LogP contribution in [0.2, 0.25) is 0 Å². The van der Waals surface area contributed by atoms with Crippen LogP contribution < -0.4 is 10.1 Å². The Morgan fingerprint density at radius 1 is 1.26 bits per heavy atom. The zero-order chi connectivity index (χ0) is 21.2. The first-order valence-corrected chi connectivity index (χ1v) is 10.9. The molecule has 0 unspecified atom stereocenters. The Kier molecular flexibility index (Phi) is 3.97. The molecule has 7 heteroatoms. The van der Waals surface area contributed by atoms with Gasteiger partial charge in [0.15, 0.2) is 11.5 Å². The van der Waals surface area contributed by atoms with Gasteiger partial charge in [-0.25, -0.2) is 14.5 Å². The van der Waals surface area contributed by atoms with Gasteiger partial charge in [-0.3, -0.25) is 4.79 Å². The fraction of sp³-hybridized carbons (Fsp3) is 0.417. The lowest BCUT2D eigenvalue weighted by Gasteiger charge is -2.21. The van der Waals surface area contributed by atoms with Crippen molar-refractivity contribution in [2.24, 2.45) is 23.2 Å². The second-order valence-corrected chi connectivity index (χ2v) is 9.10. The molecule has 2 fully saturated rings. The standard InChI is InChI=1S/C24H25N5O2/c1-14(26-23(30)18-11-16-5-8-19(18)24(16)9-10-24)22-27-21-12-20(25-13-29(21)28-22)15-3-6-17(31-2)7-4-15/h3-8,12-14,16,18-19H,9-11H2,1-2H3,(H,26,30)/t14-,16+,18+,19-/m0/s1. The van der Waals surface area contributed by atoms with Gasteiger partial charge in [0.2, 0.25) is 5.91 Å². The maximum Gasteiger partial charge on any atom is 0.224 e. The first-order chi connectivity index (χ1) is 15.1. The third-order valence-corrected chi connectivity index (χ3v) is 7.44. The molecule has 31 heavy (non-hydrogen) atoms. The van der Waals surface area contributed by atoms with E-state index in [0.29, 0.717) is 28.7 Å². The van der Waals surface area contributed by atoms with Crippen LogP contribution in [0.25, 0.3) is 16.9 Å². The molecular formula is C24H25N5O2. The van der Waals surface area contributed by atoms with Crippen molar-refractivity contribution >= 4 is 11.6 Å². The van der Waals surface area contributed by atoms with Gasteiger partial charge < -0.3 is 10.1 Å². The Balaban J connectivity index is 1.19. The Morgan fingerprint density at radius 3 is 2.77 bits per heavy atom. The summed E-state index contributed by atoms with van der Waals surface area (Å²) in [7, 11) is 1.65. The maximum absolute atomic E-state index is 13.0. The van der Waals surface area contributed by atoms with Gasteiger partial charge in [-0.05, 0) is 67.7 Å². The molecule has 3 aliphatic rings. The number of carbonyl (C=O) groups is 1. The monoisotopic (exact) mass is 415 g/mol. The van der Waals surface area contributed by atoms with Crippen LogP contribution in [0.1, 0.15) is 38.1 Å². The lowest BCUT2D eigenvalue weighted by Crippen LogP contribution is -2.35. The number of rotatable bonds is 5. The van der Waals surface area contributed by atoms with E-state index in [0.717, 1.165) is 23.4 Å². The molecule has 0 aliphatic heterocycles. The van der Waals surface area contributed by atoms with E-state index in [1.165, 1.54) is 12.8 Å². The van der Waals surface area contributed by atoms with Crippen molar-refractivity contribution in [1.29, 1.82) is 0 Å². The molecular weight excluding hydrogens is 390 g/mol. The third-order valence-electron chi connectivity index (χ3n) is 7.44. The first-order valence-electron chi connectivity index (χ1n) is 10.9. The molecule has 3 aliphatic carbocycles.